The standard InChI is InChI=1S/C12H19N3O/c1-3-12-11(4-9(2)13-14-12)7-15-5-10(6-15)8-16/h4,10,16H,3,5-8H2,1-2H3. The van der Waals surface area contributed by atoms with Crippen LogP contribution in [0.4, 0.5) is 0 Å². The van der Waals surface area contributed by atoms with Crippen molar-refractivity contribution in [1.29, 1.82) is 0 Å². The van der Waals surface area contributed by atoms with Crippen LogP contribution in [0.3, 0.4) is 0 Å². The Hall–Kier alpha value is -1.00. The molecular weight excluding hydrogens is 202 g/mol. The SMILES string of the molecule is CCc1nnc(C)cc1CN1CC(CO)C1. The lowest BCUT2D eigenvalue weighted by molar-refractivity contribution is 0.0476. The van der Waals surface area contributed by atoms with Crippen LogP contribution in [-0.4, -0.2) is 39.9 Å². The molecule has 0 spiro atoms. The van der Waals surface area contributed by atoms with Crippen LogP contribution in [0.25, 0.3) is 0 Å². The van der Waals surface area contributed by atoms with Gasteiger partial charge in [-0.1, -0.05) is 6.92 Å². The third-order valence-corrected chi connectivity index (χ3v) is 3.10. The van der Waals surface area contributed by atoms with Crippen LogP contribution < -0.4 is 0 Å². The van der Waals surface area contributed by atoms with Gasteiger partial charge in [0.05, 0.1) is 11.4 Å². The zero-order valence-corrected chi connectivity index (χ0v) is 9.98. The van der Waals surface area contributed by atoms with E-state index in [1.165, 1.54) is 5.56 Å². The Labute approximate surface area is 96.3 Å². The van der Waals surface area contributed by atoms with Crippen molar-refractivity contribution in [1.82, 2.24) is 15.1 Å². The van der Waals surface area contributed by atoms with Crippen molar-refractivity contribution < 1.29 is 5.11 Å². The molecule has 0 radical (unpaired) electrons. The lowest BCUT2D eigenvalue weighted by Gasteiger charge is -2.38. The molecule has 1 fully saturated rings. The van der Waals surface area contributed by atoms with Gasteiger partial charge in [0.1, 0.15) is 0 Å². The summed E-state index contributed by atoms with van der Waals surface area (Å²) in [5.74, 6) is 0.473. The van der Waals surface area contributed by atoms with Crippen molar-refractivity contribution in [3.63, 3.8) is 0 Å². The van der Waals surface area contributed by atoms with E-state index in [2.05, 4.69) is 28.1 Å². The average molecular weight is 221 g/mol. The Bertz CT molecular complexity index is 361. The second-order valence-electron chi connectivity index (χ2n) is 4.55. The Kier molecular flexibility index (Phi) is 3.51. The Morgan fingerprint density at radius 2 is 2.19 bits per heavy atom. The molecule has 4 nitrogen and oxygen atoms in total. The Balaban J connectivity index is 2.01. The minimum atomic E-state index is 0.310. The van der Waals surface area contributed by atoms with Crippen LogP contribution in [0, 0.1) is 12.8 Å². The quantitative estimate of drug-likeness (QED) is 0.816. The van der Waals surface area contributed by atoms with Gasteiger partial charge in [-0.3, -0.25) is 4.90 Å². The number of nitrogens with zero attached hydrogens (tertiary/aromatic N) is 3. The molecule has 2 heterocycles. The minimum absolute atomic E-state index is 0.310. The van der Waals surface area contributed by atoms with Gasteiger partial charge in [-0.05, 0) is 25.0 Å². The van der Waals surface area contributed by atoms with Gasteiger partial charge in [0.25, 0.3) is 0 Å². The maximum Gasteiger partial charge on any atom is 0.0673 e. The molecule has 0 amide bonds. The first-order chi connectivity index (χ1) is 7.72. The molecule has 0 saturated carbocycles. The van der Waals surface area contributed by atoms with Gasteiger partial charge in [0.2, 0.25) is 0 Å². The molecule has 1 aromatic heterocycles. The van der Waals surface area contributed by atoms with E-state index < -0.39 is 0 Å². The Morgan fingerprint density at radius 1 is 1.44 bits per heavy atom. The lowest BCUT2D eigenvalue weighted by atomic mass is 10.00. The molecule has 1 aliphatic rings. The normalized spacial score (nSPS) is 17.4. The summed E-state index contributed by atoms with van der Waals surface area (Å²) < 4.78 is 0. The molecule has 0 aliphatic carbocycles. The first-order valence-electron chi connectivity index (χ1n) is 5.88. The molecular formula is C12H19N3O. The van der Waals surface area contributed by atoms with E-state index in [0.29, 0.717) is 12.5 Å². The average Bonchev–Trinajstić information content (AvgIpc) is 2.23. The predicted molar refractivity (Wildman–Crippen MR) is 62.0 cm³/mol. The monoisotopic (exact) mass is 221 g/mol. The summed E-state index contributed by atoms with van der Waals surface area (Å²) in [6.07, 6.45) is 0.930. The maximum absolute atomic E-state index is 8.97. The molecule has 0 atom stereocenters. The third kappa shape index (κ3) is 2.39. The van der Waals surface area contributed by atoms with Crippen LogP contribution in [0.5, 0.6) is 0 Å². The van der Waals surface area contributed by atoms with Crippen molar-refractivity contribution in [2.24, 2.45) is 5.92 Å². The van der Waals surface area contributed by atoms with E-state index in [4.69, 9.17) is 5.11 Å². The van der Waals surface area contributed by atoms with Crippen molar-refractivity contribution in [2.75, 3.05) is 19.7 Å². The summed E-state index contributed by atoms with van der Waals surface area (Å²) in [5.41, 5.74) is 3.36. The second kappa shape index (κ2) is 4.89. The third-order valence-electron chi connectivity index (χ3n) is 3.10. The molecule has 0 bridgehead atoms. The first-order valence-corrected chi connectivity index (χ1v) is 5.88. The number of hydrogen-bond donors (Lipinski definition) is 1. The predicted octanol–water partition coefficient (Wildman–Crippen LogP) is 0.772. The summed E-state index contributed by atoms with van der Waals surface area (Å²) >= 11 is 0. The van der Waals surface area contributed by atoms with Gasteiger partial charge in [0, 0.05) is 32.2 Å². The number of aryl methyl sites for hydroxylation is 2. The summed E-state index contributed by atoms with van der Waals surface area (Å²) in [6, 6.07) is 2.12. The fourth-order valence-corrected chi connectivity index (χ4v) is 2.16. The summed E-state index contributed by atoms with van der Waals surface area (Å²) in [4.78, 5) is 2.34. The highest BCUT2D eigenvalue weighted by molar-refractivity contribution is 5.21. The van der Waals surface area contributed by atoms with E-state index in [1.807, 2.05) is 6.92 Å². The van der Waals surface area contributed by atoms with Crippen LogP contribution in [-0.2, 0) is 13.0 Å². The molecule has 0 unspecified atom stereocenters. The van der Waals surface area contributed by atoms with E-state index in [9.17, 15) is 0 Å². The molecule has 2 rings (SSSR count). The van der Waals surface area contributed by atoms with Gasteiger partial charge < -0.3 is 5.11 Å². The van der Waals surface area contributed by atoms with Crippen molar-refractivity contribution in [3.05, 3.63) is 23.0 Å². The Morgan fingerprint density at radius 3 is 2.81 bits per heavy atom. The van der Waals surface area contributed by atoms with E-state index in [-0.39, 0.29) is 0 Å². The number of aliphatic hydroxyl groups excluding tert-OH is 1. The molecule has 1 saturated heterocycles. The van der Waals surface area contributed by atoms with Gasteiger partial charge in [-0.2, -0.15) is 10.2 Å². The molecule has 1 aromatic rings. The van der Waals surface area contributed by atoms with Crippen molar-refractivity contribution >= 4 is 0 Å². The van der Waals surface area contributed by atoms with Crippen molar-refractivity contribution in [3.8, 4) is 0 Å². The number of hydrogen-bond acceptors (Lipinski definition) is 4. The molecule has 4 heteroatoms. The summed E-state index contributed by atoms with van der Waals surface area (Å²) in [6.45, 7) is 7.33. The number of aromatic nitrogens is 2. The topological polar surface area (TPSA) is 49.2 Å². The number of aliphatic hydroxyl groups is 1. The fraction of sp³-hybridized carbons (Fsp3) is 0.667. The van der Waals surface area contributed by atoms with Crippen LogP contribution in [0.1, 0.15) is 23.9 Å². The van der Waals surface area contributed by atoms with Gasteiger partial charge in [-0.15, -0.1) is 0 Å². The van der Waals surface area contributed by atoms with Gasteiger partial charge in [0.15, 0.2) is 0 Å². The molecule has 88 valence electrons. The smallest absolute Gasteiger partial charge is 0.0673 e. The van der Waals surface area contributed by atoms with Gasteiger partial charge in [-0.25, -0.2) is 0 Å². The molecule has 1 aliphatic heterocycles. The fourth-order valence-electron chi connectivity index (χ4n) is 2.16. The number of likely N-dealkylation sites (tertiary alicyclic amines) is 1. The van der Waals surface area contributed by atoms with Gasteiger partial charge >= 0.3 is 0 Å². The number of rotatable bonds is 4. The highest BCUT2D eigenvalue weighted by Gasteiger charge is 2.26. The second-order valence-corrected chi connectivity index (χ2v) is 4.55. The van der Waals surface area contributed by atoms with E-state index in [0.717, 1.165) is 37.4 Å². The van der Waals surface area contributed by atoms with Crippen LogP contribution in [0.2, 0.25) is 0 Å². The zero-order valence-electron chi connectivity index (χ0n) is 9.98. The largest absolute Gasteiger partial charge is 0.396 e. The molecule has 16 heavy (non-hydrogen) atoms. The highest BCUT2D eigenvalue weighted by atomic mass is 16.3. The maximum atomic E-state index is 8.97. The highest BCUT2D eigenvalue weighted by Crippen LogP contribution is 2.19. The zero-order chi connectivity index (χ0) is 11.5. The lowest BCUT2D eigenvalue weighted by Crippen LogP contribution is -2.47. The molecule has 1 N–H and O–H groups in total. The molecule has 0 aromatic carbocycles. The summed E-state index contributed by atoms with van der Waals surface area (Å²) in [5, 5.41) is 17.3. The van der Waals surface area contributed by atoms with E-state index in [1.54, 1.807) is 0 Å². The first kappa shape index (κ1) is 11.5. The van der Waals surface area contributed by atoms with E-state index >= 15 is 0 Å². The minimum Gasteiger partial charge on any atom is -0.396 e. The van der Waals surface area contributed by atoms with Crippen LogP contribution >= 0.6 is 0 Å². The summed E-state index contributed by atoms with van der Waals surface area (Å²) in [7, 11) is 0. The van der Waals surface area contributed by atoms with Crippen molar-refractivity contribution in [2.45, 2.75) is 26.8 Å². The van der Waals surface area contributed by atoms with Crippen LogP contribution in [0.15, 0.2) is 6.07 Å².